The molecule has 96 valence electrons. The zero-order chi connectivity index (χ0) is 13.5. The monoisotopic (exact) mass is 250 g/mol. The van der Waals surface area contributed by atoms with E-state index in [0.717, 1.165) is 11.0 Å². The summed E-state index contributed by atoms with van der Waals surface area (Å²) in [5.74, 6) is 0. The van der Waals surface area contributed by atoms with Crippen LogP contribution in [0.2, 0.25) is 0 Å². The van der Waals surface area contributed by atoms with Crippen molar-refractivity contribution in [1.29, 1.82) is 0 Å². The maximum Gasteiger partial charge on any atom is 0.104 e. The maximum atomic E-state index is 2.35. The first kappa shape index (κ1) is 12.2. The van der Waals surface area contributed by atoms with Gasteiger partial charge in [-0.05, 0) is 27.6 Å². The van der Waals surface area contributed by atoms with E-state index >= 15 is 0 Å². The smallest absolute Gasteiger partial charge is 0.104 e. The van der Waals surface area contributed by atoms with Gasteiger partial charge in [0.05, 0.1) is 21.1 Å². The lowest BCUT2D eigenvalue weighted by Gasteiger charge is -2.25. The minimum absolute atomic E-state index is 0.947. The van der Waals surface area contributed by atoms with Crippen LogP contribution in [0.25, 0.3) is 21.5 Å². The van der Waals surface area contributed by atoms with Crippen LogP contribution in [0.4, 0.5) is 0 Å². The van der Waals surface area contributed by atoms with Crippen molar-refractivity contribution in [2.75, 3.05) is 21.1 Å². The topological polar surface area (TPSA) is 0 Å². The van der Waals surface area contributed by atoms with Gasteiger partial charge in [-0.25, -0.2) is 0 Å². The summed E-state index contributed by atoms with van der Waals surface area (Å²) in [6, 6.07) is 19.8. The molecule has 0 spiro atoms. The van der Waals surface area contributed by atoms with Gasteiger partial charge in [0.15, 0.2) is 0 Å². The third-order valence-corrected chi connectivity index (χ3v) is 3.50. The zero-order valence-corrected chi connectivity index (χ0v) is 11.9. The summed E-state index contributed by atoms with van der Waals surface area (Å²) in [7, 11) is 6.72. The first-order valence-electron chi connectivity index (χ1n) is 6.74. The van der Waals surface area contributed by atoms with E-state index in [2.05, 4.69) is 75.7 Å². The number of quaternary nitrogens is 1. The Morgan fingerprint density at radius 2 is 1.32 bits per heavy atom. The summed E-state index contributed by atoms with van der Waals surface area (Å²) in [4.78, 5) is 0. The Hall–Kier alpha value is -1.86. The summed E-state index contributed by atoms with van der Waals surface area (Å²) in [5.41, 5.74) is 1.43. The normalized spacial score (nSPS) is 12.2. The van der Waals surface area contributed by atoms with E-state index < -0.39 is 0 Å². The van der Waals surface area contributed by atoms with Crippen molar-refractivity contribution >= 4 is 21.5 Å². The number of fused-ring (bicyclic) bond motifs is 3. The molecule has 0 fully saturated rings. The largest absolute Gasteiger partial charge is 0.327 e. The van der Waals surface area contributed by atoms with Crippen molar-refractivity contribution in [3.05, 3.63) is 60.2 Å². The molecule has 1 nitrogen and oxygen atoms in total. The second-order valence-electron chi connectivity index (χ2n) is 6.25. The van der Waals surface area contributed by atoms with Gasteiger partial charge in [0.2, 0.25) is 0 Å². The first-order valence-corrected chi connectivity index (χ1v) is 6.74. The molecule has 0 aliphatic carbocycles. The molecule has 0 radical (unpaired) electrons. The summed E-state index contributed by atoms with van der Waals surface area (Å²) in [5, 5.41) is 5.44. The lowest BCUT2D eigenvalue weighted by molar-refractivity contribution is -0.883. The van der Waals surface area contributed by atoms with E-state index in [0.29, 0.717) is 0 Å². The molecule has 1 heteroatoms. The Kier molecular flexibility index (Phi) is 2.79. The van der Waals surface area contributed by atoms with Crippen molar-refractivity contribution in [3.8, 4) is 0 Å². The molecule has 0 atom stereocenters. The highest BCUT2D eigenvalue weighted by Crippen LogP contribution is 2.29. The van der Waals surface area contributed by atoms with Crippen molar-refractivity contribution in [1.82, 2.24) is 0 Å². The fourth-order valence-electron chi connectivity index (χ4n) is 2.77. The van der Waals surface area contributed by atoms with Gasteiger partial charge in [-0.15, -0.1) is 0 Å². The minimum atomic E-state index is 0.947. The molecule has 0 unspecified atom stereocenters. The molecule has 3 aromatic rings. The van der Waals surface area contributed by atoms with Gasteiger partial charge in [0, 0.05) is 5.56 Å². The van der Waals surface area contributed by atoms with E-state index in [1.165, 1.54) is 27.1 Å². The Morgan fingerprint density at radius 1 is 0.737 bits per heavy atom. The Morgan fingerprint density at radius 3 is 2.00 bits per heavy atom. The number of nitrogens with zero attached hydrogens (tertiary/aromatic N) is 1. The van der Waals surface area contributed by atoms with Crippen LogP contribution < -0.4 is 0 Å². The van der Waals surface area contributed by atoms with Crippen LogP contribution >= 0.6 is 0 Å². The lowest BCUT2D eigenvalue weighted by atomic mass is 9.97. The van der Waals surface area contributed by atoms with E-state index in [-0.39, 0.29) is 0 Å². The first-order chi connectivity index (χ1) is 9.04. The van der Waals surface area contributed by atoms with Crippen molar-refractivity contribution in [3.63, 3.8) is 0 Å². The molecular formula is C18H20N+. The van der Waals surface area contributed by atoms with Crippen LogP contribution in [0, 0.1) is 0 Å². The number of benzene rings is 3. The van der Waals surface area contributed by atoms with Crippen LogP contribution in [-0.2, 0) is 6.54 Å². The second-order valence-corrected chi connectivity index (χ2v) is 6.25. The number of hydrogen-bond donors (Lipinski definition) is 0. The van der Waals surface area contributed by atoms with Gasteiger partial charge in [-0.2, -0.15) is 0 Å². The molecule has 0 aliphatic heterocycles. The third kappa shape index (κ3) is 2.34. The zero-order valence-electron chi connectivity index (χ0n) is 11.9. The van der Waals surface area contributed by atoms with Gasteiger partial charge in [0.25, 0.3) is 0 Å². The van der Waals surface area contributed by atoms with Gasteiger partial charge in [-0.3, -0.25) is 0 Å². The molecule has 0 bridgehead atoms. The predicted octanol–water partition coefficient (Wildman–Crippen LogP) is 4.20. The van der Waals surface area contributed by atoms with Crippen molar-refractivity contribution in [2.24, 2.45) is 0 Å². The maximum absolute atomic E-state index is 2.35. The molecule has 0 N–H and O–H groups in total. The highest BCUT2D eigenvalue weighted by molar-refractivity contribution is 6.08. The molecule has 0 amide bonds. The average molecular weight is 250 g/mol. The van der Waals surface area contributed by atoms with Crippen LogP contribution in [0.3, 0.4) is 0 Å². The number of hydrogen-bond acceptors (Lipinski definition) is 0. The second kappa shape index (κ2) is 4.36. The minimum Gasteiger partial charge on any atom is -0.327 e. The number of rotatable bonds is 2. The third-order valence-electron chi connectivity index (χ3n) is 3.50. The summed E-state index contributed by atoms with van der Waals surface area (Å²) >= 11 is 0. The summed E-state index contributed by atoms with van der Waals surface area (Å²) in [6.07, 6.45) is 0. The fraction of sp³-hybridized carbons (Fsp3) is 0.222. The highest BCUT2D eigenvalue weighted by Gasteiger charge is 2.13. The molecule has 19 heavy (non-hydrogen) atoms. The van der Waals surface area contributed by atoms with Crippen molar-refractivity contribution in [2.45, 2.75) is 6.54 Å². The standard InChI is InChI=1S/C18H20N/c1-19(2,3)13-15-12-14-8-4-5-9-16(14)18-11-7-6-10-17(15)18/h4-12H,13H2,1-3H3/q+1. The van der Waals surface area contributed by atoms with Crippen LogP contribution in [0.15, 0.2) is 54.6 Å². The van der Waals surface area contributed by atoms with E-state index in [1.807, 2.05) is 0 Å². The van der Waals surface area contributed by atoms with E-state index in [1.54, 1.807) is 0 Å². The summed E-state index contributed by atoms with van der Waals surface area (Å²) < 4.78 is 0.947. The molecule has 0 saturated carbocycles. The predicted molar refractivity (Wildman–Crippen MR) is 83.2 cm³/mol. The molecule has 3 rings (SSSR count). The Balaban J connectivity index is 2.36. The van der Waals surface area contributed by atoms with Crippen molar-refractivity contribution < 1.29 is 4.48 Å². The quantitative estimate of drug-likeness (QED) is 0.472. The Labute approximate surface area is 114 Å². The fourth-order valence-corrected chi connectivity index (χ4v) is 2.77. The SMILES string of the molecule is C[N+](C)(C)Cc1cc2ccccc2c2ccccc12. The van der Waals surface area contributed by atoms with Crippen LogP contribution in [-0.4, -0.2) is 25.6 Å². The van der Waals surface area contributed by atoms with E-state index in [4.69, 9.17) is 0 Å². The molecule has 0 aliphatic rings. The molecule has 0 aromatic heterocycles. The van der Waals surface area contributed by atoms with Gasteiger partial charge in [-0.1, -0.05) is 48.5 Å². The molecule has 0 heterocycles. The van der Waals surface area contributed by atoms with Gasteiger partial charge >= 0.3 is 0 Å². The van der Waals surface area contributed by atoms with Crippen LogP contribution in [0.5, 0.6) is 0 Å². The van der Waals surface area contributed by atoms with E-state index in [9.17, 15) is 0 Å². The average Bonchev–Trinajstić information content (AvgIpc) is 2.37. The molecule has 3 aromatic carbocycles. The van der Waals surface area contributed by atoms with Gasteiger partial charge in [0.1, 0.15) is 6.54 Å². The summed E-state index contributed by atoms with van der Waals surface area (Å²) in [6.45, 7) is 1.05. The highest BCUT2D eigenvalue weighted by atomic mass is 15.3. The molecular weight excluding hydrogens is 230 g/mol. The van der Waals surface area contributed by atoms with Gasteiger partial charge < -0.3 is 4.48 Å². The Bertz CT molecular complexity index is 735. The lowest BCUT2D eigenvalue weighted by Crippen LogP contribution is -2.33. The van der Waals surface area contributed by atoms with Crippen LogP contribution in [0.1, 0.15) is 5.56 Å². The molecule has 0 saturated heterocycles.